The second-order valence-corrected chi connectivity index (χ2v) is 5.86. The second-order valence-electron chi connectivity index (χ2n) is 3.58. The Morgan fingerprint density at radius 2 is 1.81 bits per heavy atom. The summed E-state index contributed by atoms with van der Waals surface area (Å²) in [5.74, 6) is -0.145. The predicted molar refractivity (Wildman–Crippen MR) is 62.1 cm³/mol. The number of carbonyl (C=O) groups excluding carboxylic acids is 1. The fourth-order valence-corrected chi connectivity index (χ4v) is 2.14. The Balaban J connectivity index is 3.06. The molecule has 0 radical (unpaired) electrons. The van der Waals surface area contributed by atoms with Crippen LogP contribution < -0.4 is 5.73 Å². The van der Waals surface area contributed by atoms with Gasteiger partial charge in [-0.2, -0.15) is 0 Å². The first kappa shape index (κ1) is 12.9. The van der Waals surface area contributed by atoms with Gasteiger partial charge in [0.15, 0.2) is 15.6 Å². The Morgan fingerprint density at radius 1 is 1.31 bits per heavy atom. The normalized spacial score (nSPS) is 13.4. The van der Waals surface area contributed by atoms with Gasteiger partial charge in [0.1, 0.15) is 0 Å². The van der Waals surface area contributed by atoms with Crippen molar-refractivity contribution in [2.75, 3.05) is 5.75 Å². The molecule has 0 amide bonds. The highest BCUT2D eigenvalue weighted by atomic mass is 32.2. The van der Waals surface area contributed by atoms with Crippen LogP contribution in [0.1, 0.15) is 24.2 Å². The molecule has 1 atom stereocenters. The molecule has 0 aromatic heterocycles. The first-order valence-corrected chi connectivity index (χ1v) is 6.66. The molecule has 0 aliphatic carbocycles. The Labute approximate surface area is 95.4 Å². The number of rotatable bonds is 4. The first-order chi connectivity index (χ1) is 7.38. The summed E-state index contributed by atoms with van der Waals surface area (Å²) < 4.78 is 23.0. The highest BCUT2D eigenvalue weighted by molar-refractivity contribution is 7.91. The van der Waals surface area contributed by atoms with Crippen molar-refractivity contribution in [3.63, 3.8) is 0 Å². The molecule has 2 N–H and O–H groups in total. The zero-order chi connectivity index (χ0) is 12.3. The van der Waals surface area contributed by atoms with E-state index >= 15 is 0 Å². The van der Waals surface area contributed by atoms with E-state index in [0.717, 1.165) is 0 Å². The van der Waals surface area contributed by atoms with Crippen molar-refractivity contribution in [1.82, 2.24) is 0 Å². The molecule has 0 saturated carbocycles. The molecule has 1 aromatic carbocycles. The van der Waals surface area contributed by atoms with E-state index in [0.29, 0.717) is 5.56 Å². The topological polar surface area (TPSA) is 77.2 Å². The summed E-state index contributed by atoms with van der Waals surface area (Å²) in [7, 11) is -3.20. The largest absolute Gasteiger partial charge is 0.321 e. The van der Waals surface area contributed by atoms with Gasteiger partial charge in [0.2, 0.25) is 0 Å². The van der Waals surface area contributed by atoms with Crippen LogP contribution in [0.4, 0.5) is 0 Å². The Kier molecular flexibility index (Phi) is 3.83. The summed E-state index contributed by atoms with van der Waals surface area (Å²) in [4.78, 5) is 11.7. The van der Waals surface area contributed by atoms with Gasteiger partial charge in [-0.25, -0.2) is 8.42 Å². The molecule has 1 rings (SSSR count). The van der Waals surface area contributed by atoms with Crippen molar-refractivity contribution in [1.29, 1.82) is 0 Å². The molecule has 88 valence electrons. The van der Waals surface area contributed by atoms with Crippen molar-refractivity contribution >= 4 is 15.6 Å². The maximum absolute atomic E-state index is 11.5. The van der Waals surface area contributed by atoms with E-state index in [1.54, 1.807) is 13.8 Å². The van der Waals surface area contributed by atoms with Gasteiger partial charge in [-0.1, -0.05) is 19.1 Å². The third-order valence-corrected chi connectivity index (χ3v) is 4.04. The fourth-order valence-electron chi connectivity index (χ4n) is 1.26. The van der Waals surface area contributed by atoms with Crippen LogP contribution in [0.3, 0.4) is 0 Å². The molecule has 0 aliphatic rings. The van der Waals surface area contributed by atoms with E-state index < -0.39 is 15.9 Å². The van der Waals surface area contributed by atoms with E-state index in [9.17, 15) is 13.2 Å². The second kappa shape index (κ2) is 4.76. The average molecular weight is 241 g/mol. The van der Waals surface area contributed by atoms with Crippen molar-refractivity contribution in [2.45, 2.75) is 24.8 Å². The van der Waals surface area contributed by atoms with Gasteiger partial charge in [-0.05, 0) is 19.1 Å². The van der Waals surface area contributed by atoms with E-state index in [1.807, 2.05) is 0 Å². The lowest BCUT2D eigenvalue weighted by atomic mass is 10.1. The summed E-state index contributed by atoms with van der Waals surface area (Å²) in [6, 6.07) is 5.29. The maximum atomic E-state index is 11.5. The molecule has 16 heavy (non-hydrogen) atoms. The van der Waals surface area contributed by atoms with Crippen molar-refractivity contribution in [3.05, 3.63) is 29.8 Å². The summed E-state index contributed by atoms with van der Waals surface area (Å²) in [6.45, 7) is 3.18. The fraction of sp³-hybridized carbons (Fsp3) is 0.364. The van der Waals surface area contributed by atoms with E-state index in [1.165, 1.54) is 24.3 Å². The number of Topliss-reactive ketones (excluding diaryl/α,β-unsaturated/α-hetero) is 1. The lowest BCUT2D eigenvalue weighted by molar-refractivity contribution is 0.0968. The number of hydrogen-bond donors (Lipinski definition) is 1. The molecular weight excluding hydrogens is 226 g/mol. The van der Waals surface area contributed by atoms with Crippen LogP contribution in [-0.4, -0.2) is 26.0 Å². The SMILES string of the molecule is CCS(=O)(=O)c1ccc(C(=O)C(C)N)cc1. The molecule has 5 heteroatoms. The zero-order valence-electron chi connectivity index (χ0n) is 9.30. The highest BCUT2D eigenvalue weighted by Crippen LogP contribution is 2.13. The number of sulfone groups is 1. The van der Waals surface area contributed by atoms with Crippen LogP contribution in [0.15, 0.2) is 29.2 Å². The minimum absolute atomic E-state index is 0.0492. The molecule has 0 aliphatic heterocycles. The van der Waals surface area contributed by atoms with Crippen molar-refractivity contribution in [2.24, 2.45) is 5.73 Å². The number of benzene rings is 1. The monoisotopic (exact) mass is 241 g/mol. The van der Waals surface area contributed by atoms with Gasteiger partial charge in [0.25, 0.3) is 0 Å². The number of nitrogens with two attached hydrogens (primary N) is 1. The summed E-state index contributed by atoms with van der Waals surface area (Å²) in [6.07, 6.45) is 0. The minimum atomic E-state index is -3.20. The molecule has 0 bridgehead atoms. The van der Waals surface area contributed by atoms with E-state index in [-0.39, 0.29) is 16.4 Å². The maximum Gasteiger partial charge on any atom is 0.179 e. The number of ketones is 1. The van der Waals surface area contributed by atoms with Gasteiger partial charge < -0.3 is 5.73 Å². The number of carbonyl (C=O) groups is 1. The third kappa shape index (κ3) is 2.68. The van der Waals surface area contributed by atoms with Crippen LogP contribution in [0.2, 0.25) is 0 Å². The summed E-state index contributed by atoms with van der Waals surface area (Å²) in [5, 5.41) is 0. The highest BCUT2D eigenvalue weighted by Gasteiger charge is 2.14. The standard InChI is InChI=1S/C11H15NO3S/c1-3-16(14,15)10-6-4-9(5-7-10)11(13)8(2)12/h4-8H,3,12H2,1-2H3. The molecule has 0 spiro atoms. The van der Waals surface area contributed by atoms with Crippen LogP contribution in [-0.2, 0) is 9.84 Å². The quantitative estimate of drug-likeness (QED) is 0.798. The molecule has 0 heterocycles. The minimum Gasteiger partial charge on any atom is -0.321 e. The van der Waals surface area contributed by atoms with Gasteiger partial charge in [0.05, 0.1) is 16.7 Å². The first-order valence-electron chi connectivity index (χ1n) is 5.01. The zero-order valence-corrected chi connectivity index (χ0v) is 10.1. The smallest absolute Gasteiger partial charge is 0.179 e. The Morgan fingerprint density at radius 3 is 2.19 bits per heavy atom. The number of hydrogen-bond acceptors (Lipinski definition) is 4. The molecule has 1 aromatic rings. The lowest BCUT2D eigenvalue weighted by Crippen LogP contribution is -2.26. The average Bonchev–Trinajstić information content (AvgIpc) is 2.28. The Bertz CT molecular complexity index is 474. The molecule has 1 unspecified atom stereocenters. The predicted octanol–water partition coefficient (Wildman–Crippen LogP) is 1.01. The van der Waals surface area contributed by atoms with Crippen LogP contribution in [0.25, 0.3) is 0 Å². The van der Waals surface area contributed by atoms with Crippen LogP contribution in [0.5, 0.6) is 0 Å². The molecule has 0 saturated heterocycles. The third-order valence-electron chi connectivity index (χ3n) is 2.29. The van der Waals surface area contributed by atoms with Crippen molar-refractivity contribution in [3.8, 4) is 0 Å². The lowest BCUT2D eigenvalue weighted by Gasteiger charge is -2.05. The Hall–Kier alpha value is -1.20. The van der Waals surface area contributed by atoms with Crippen LogP contribution in [0, 0.1) is 0 Å². The van der Waals surface area contributed by atoms with Gasteiger partial charge in [-0.15, -0.1) is 0 Å². The van der Waals surface area contributed by atoms with Crippen LogP contribution >= 0.6 is 0 Å². The van der Waals surface area contributed by atoms with Crippen molar-refractivity contribution < 1.29 is 13.2 Å². The van der Waals surface area contributed by atoms with Gasteiger partial charge >= 0.3 is 0 Å². The summed E-state index contributed by atoms with van der Waals surface area (Å²) >= 11 is 0. The van der Waals surface area contributed by atoms with Gasteiger partial charge in [0, 0.05) is 5.56 Å². The van der Waals surface area contributed by atoms with E-state index in [2.05, 4.69) is 0 Å². The molecular formula is C11H15NO3S. The van der Waals surface area contributed by atoms with Gasteiger partial charge in [-0.3, -0.25) is 4.79 Å². The van der Waals surface area contributed by atoms with E-state index in [4.69, 9.17) is 5.73 Å². The molecule has 4 nitrogen and oxygen atoms in total. The molecule has 0 fully saturated rings. The summed E-state index contributed by atoms with van der Waals surface area (Å²) in [5.41, 5.74) is 5.89.